The first-order valence-corrected chi connectivity index (χ1v) is 7.04. The number of halogens is 1. The van der Waals surface area contributed by atoms with Crippen molar-refractivity contribution in [2.45, 2.75) is 32.9 Å². The zero-order chi connectivity index (χ0) is 13.0. The van der Waals surface area contributed by atoms with Crippen LogP contribution in [0.4, 0.5) is 0 Å². The average molecular weight is 312 g/mol. The zero-order valence-electron chi connectivity index (χ0n) is 10.7. The summed E-state index contributed by atoms with van der Waals surface area (Å²) in [6.07, 6.45) is 6.78. The molecule has 0 spiro atoms. The number of aromatic nitrogens is 2. The lowest BCUT2D eigenvalue weighted by molar-refractivity contribution is 0.523. The molecule has 0 aliphatic carbocycles. The van der Waals surface area contributed by atoms with Crippen molar-refractivity contribution in [3.05, 3.63) is 40.5 Å². The van der Waals surface area contributed by atoms with E-state index in [2.05, 4.69) is 46.4 Å². The van der Waals surface area contributed by atoms with Gasteiger partial charge in [0.2, 0.25) is 0 Å². The molecular weight excluding hydrogens is 294 g/mol. The highest BCUT2D eigenvalue weighted by molar-refractivity contribution is 9.10. The van der Waals surface area contributed by atoms with Gasteiger partial charge in [0.1, 0.15) is 0 Å². The van der Waals surface area contributed by atoms with Crippen molar-refractivity contribution >= 4 is 15.9 Å². The second-order valence-electron chi connectivity index (χ2n) is 4.17. The molecule has 0 aromatic carbocycles. The van der Waals surface area contributed by atoms with Crippen LogP contribution in [0.5, 0.6) is 0 Å². The van der Waals surface area contributed by atoms with Crippen LogP contribution in [0.25, 0.3) is 0 Å². The molecule has 0 aliphatic rings. The second kappa shape index (κ2) is 6.20. The Balaban J connectivity index is 2.27. The standard InChI is InChI=1S/C13H18BrN3O/c1-3-6-15-12(11-5-7-18-13(11)14)10-8-16-17(4-2)9-10/h5,7-9,12,15H,3-4,6H2,1-2H3. The van der Waals surface area contributed by atoms with E-state index in [4.69, 9.17) is 4.42 Å². The van der Waals surface area contributed by atoms with Crippen molar-refractivity contribution in [1.29, 1.82) is 0 Å². The van der Waals surface area contributed by atoms with Gasteiger partial charge in [-0.1, -0.05) is 6.92 Å². The van der Waals surface area contributed by atoms with Gasteiger partial charge < -0.3 is 9.73 Å². The van der Waals surface area contributed by atoms with Gasteiger partial charge in [0.15, 0.2) is 4.67 Å². The predicted molar refractivity (Wildman–Crippen MR) is 74.4 cm³/mol. The first-order chi connectivity index (χ1) is 8.76. The molecule has 0 amide bonds. The summed E-state index contributed by atoms with van der Waals surface area (Å²) in [5, 5.41) is 7.86. The van der Waals surface area contributed by atoms with E-state index >= 15 is 0 Å². The molecule has 0 fully saturated rings. The van der Waals surface area contributed by atoms with Gasteiger partial charge in [-0.25, -0.2) is 0 Å². The van der Waals surface area contributed by atoms with Crippen molar-refractivity contribution in [3.63, 3.8) is 0 Å². The fourth-order valence-corrected chi connectivity index (χ4v) is 2.38. The van der Waals surface area contributed by atoms with Crippen molar-refractivity contribution in [1.82, 2.24) is 15.1 Å². The van der Waals surface area contributed by atoms with E-state index < -0.39 is 0 Å². The van der Waals surface area contributed by atoms with E-state index in [1.165, 1.54) is 0 Å². The Hall–Kier alpha value is -1.07. The summed E-state index contributed by atoms with van der Waals surface area (Å²) in [4.78, 5) is 0. The van der Waals surface area contributed by atoms with E-state index in [-0.39, 0.29) is 6.04 Å². The molecule has 1 atom stereocenters. The number of hydrogen-bond acceptors (Lipinski definition) is 3. The number of furan rings is 1. The molecule has 0 bridgehead atoms. The topological polar surface area (TPSA) is 43.0 Å². The van der Waals surface area contributed by atoms with Gasteiger partial charge in [0.25, 0.3) is 0 Å². The lowest BCUT2D eigenvalue weighted by Gasteiger charge is -2.16. The molecule has 2 aromatic heterocycles. The highest BCUT2D eigenvalue weighted by Crippen LogP contribution is 2.29. The molecule has 0 radical (unpaired) electrons. The lowest BCUT2D eigenvalue weighted by atomic mass is 10.1. The van der Waals surface area contributed by atoms with Crippen LogP contribution in [0.1, 0.15) is 37.4 Å². The van der Waals surface area contributed by atoms with Crippen molar-refractivity contribution in [2.24, 2.45) is 0 Å². The van der Waals surface area contributed by atoms with Crippen LogP contribution in [0.15, 0.2) is 33.8 Å². The number of hydrogen-bond donors (Lipinski definition) is 1. The molecule has 2 heterocycles. The fourth-order valence-electron chi connectivity index (χ4n) is 1.91. The Morgan fingerprint density at radius 3 is 2.89 bits per heavy atom. The summed E-state index contributed by atoms with van der Waals surface area (Å²) in [5.41, 5.74) is 2.27. The Bertz CT molecular complexity index is 492. The van der Waals surface area contributed by atoms with E-state index in [9.17, 15) is 0 Å². The maximum absolute atomic E-state index is 5.33. The molecule has 5 heteroatoms. The van der Waals surface area contributed by atoms with Gasteiger partial charge in [-0.2, -0.15) is 5.10 Å². The highest BCUT2D eigenvalue weighted by Gasteiger charge is 2.19. The van der Waals surface area contributed by atoms with Gasteiger partial charge in [-0.15, -0.1) is 0 Å². The first kappa shape index (κ1) is 13.4. The predicted octanol–water partition coefficient (Wildman–Crippen LogP) is 3.35. The molecule has 18 heavy (non-hydrogen) atoms. The second-order valence-corrected chi connectivity index (χ2v) is 4.89. The molecule has 2 aromatic rings. The maximum Gasteiger partial charge on any atom is 0.174 e. The number of nitrogens with one attached hydrogen (secondary N) is 1. The maximum atomic E-state index is 5.33. The largest absolute Gasteiger partial charge is 0.457 e. The normalized spacial score (nSPS) is 12.8. The minimum absolute atomic E-state index is 0.123. The molecular formula is C13H18BrN3O. The van der Waals surface area contributed by atoms with Gasteiger partial charge in [-0.05, 0) is 41.9 Å². The Morgan fingerprint density at radius 1 is 1.50 bits per heavy atom. The Kier molecular flexibility index (Phi) is 4.60. The van der Waals surface area contributed by atoms with Crippen molar-refractivity contribution < 1.29 is 4.42 Å². The third kappa shape index (κ3) is 2.84. The Labute approximate surface area is 115 Å². The number of rotatable bonds is 6. The van der Waals surface area contributed by atoms with E-state index in [0.29, 0.717) is 0 Å². The van der Waals surface area contributed by atoms with Crippen LogP contribution >= 0.6 is 15.9 Å². The van der Waals surface area contributed by atoms with Crippen LogP contribution in [0.2, 0.25) is 0 Å². The zero-order valence-corrected chi connectivity index (χ0v) is 12.3. The van der Waals surface area contributed by atoms with Crippen LogP contribution in [-0.4, -0.2) is 16.3 Å². The smallest absolute Gasteiger partial charge is 0.174 e. The van der Waals surface area contributed by atoms with E-state index in [0.717, 1.165) is 35.3 Å². The van der Waals surface area contributed by atoms with E-state index in [1.807, 2.05) is 16.9 Å². The first-order valence-electron chi connectivity index (χ1n) is 6.24. The van der Waals surface area contributed by atoms with Gasteiger partial charge in [-0.3, -0.25) is 4.68 Å². The molecule has 0 saturated carbocycles. The molecule has 1 unspecified atom stereocenters. The Morgan fingerprint density at radius 2 is 2.33 bits per heavy atom. The minimum atomic E-state index is 0.123. The third-order valence-electron chi connectivity index (χ3n) is 2.87. The summed E-state index contributed by atoms with van der Waals surface area (Å²) in [6, 6.07) is 2.11. The van der Waals surface area contributed by atoms with Crippen molar-refractivity contribution in [2.75, 3.05) is 6.54 Å². The van der Waals surface area contributed by atoms with Gasteiger partial charge in [0, 0.05) is 23.9 Å². The summed E-state index contributed by atoms with van der Waals surface area (Å²) in [6.45, 7) is 6.08. The SMILES string of the molecule is CCCNC(c1cnn(CC)c1)c1ccoc1Br. The number of nitrogens with zero attached hydrogens (tertiary/aromatic N) is 2. The lowest BCUT2D eigenvalue weighted by Crippen LogP contribution is -2.22. The summed E-state index contributed by atoms with van der Waals surface area (Å²) >= 11 is 3.45. The summed E-state index contributed by atoms with van der Waals surface area (Å²) in [5.74, 6) is 0. The molecule has 1 N–H and O–H groups in total. The summed E-state index contributed by atoms with van der Waals surface area (Å²) in [7, 11) is 0. The van der Waals surface area contributed by atoms with Gasteiger partial charge >= 0.3 is 0 Å². The fraction of sp³-hybridized carbons (Fsp3) is 0.462. The molecule has 4 nitrogen and oxygen atoms in total. The van der Waals surface area contributed by atoms with Crippen LogP contribution in [0.3, 0.4) is 0 Å². The molecule has 0 aliphatic heterocycles. The van der Waals surface area contributed by atoms with Crippen LogP contribution in [0, 0.1) is 0 Å². The summed E-state index contributed by atoms with van der Waals surface area (Å²) < 4.78 is 8.04. The average Bonchev–Trinajstić information content (AvgIpc) is 3.00. The van der Waals surface area contributed by atoms with Crippen molar-refractivity contribution in [3.8, 4) is 0 Å². The monoisotopic (exact) mass is 311 g/mol. The minimum Gasteiger partial charge on any atom is -0.457 e. The highest BCUT2D eigenvalue weighted by atomic mass is 79.9. The van der Waals surface area contributed by atoms with Crippen LogP contribution < -0.4 is 5.32 Å². The van der Waals surface area contributed by atoms with Crippen LogP contribution in [-0.2, 0) is 6.54 Å². The molecule has 98 valence electrons. The quantitative estimate of drug-likeness (QED) is 0.889. The van der Waals surface area contributed by atoms with Gasteiger partial charge in [0.05, 0.1) is 18.5 Å². The third-order valence-corrected chi connectivity index (χ3v) is 3.51. The molecule has 2 rings (SSSR count). The molecule has 0 saturated heterocycles. The van der Waals surface area contributed by atoms with E-state index in [1.54, 1.807) is 6.26 Å². The number of aryl methyl sites for hydroxylation is 1.